The summed E-state index contributed by atoms with van der Waals surface area (Å²) in [6.07, 6.45) is 9.82. The summed E-state index contributed by atoms with van der Waals surface area (Å²) in [5.74, 6) is -0.0739. The van der Waals surface area contributed by atoms with Crippen LogP contribution in [0.2, 0.25) is 0 Å². The van der Waals surface area contributed by atoms with Crippen LogP contribution in [0.25, 0.3) is 0 Å². The molecule has 0 spiro atoms. The van der Waals surface area contributed by atoms with Crippen molar-refractivity contribution in [3.05, 3.63) is 53.3 Å². The fourth-order valence-electron chi connectivity index (χ4n) is 4.87. The molecule has 1 saturated carbocycles. The molecule has 3 rings (SSSR count). The number of aliphatic hydroxyl groups excluding tert-OH is 2. The molecular formula is C29H44N2O6S. The number of nitrogens with one attached hydrogen (secondary N) is 1. The van der Waals surface area contributed by atoms with Crippen molar-refractivity contribution >= 4 is 9.84 Å². The van der Waals surface area contributed by atoms with Crippen LogP contribution in [-0.4, -0.2) is 60.3 Å². The number of ether oxygens (including phenoxy) is 1. The van der Waals surface area contributed by atoms with Crippen molar-refractivity contribution in [1.82, 2.24) is 10.3 Å². The average molecular weight is 549 g/mol. The maximum Gasteiger partial charge on any atom is 0.181 e. The maximum atomic E-state index is 12.8. The Morgan fingerprint density at radius 3 is 2.50 bits per heavy atom. The van der Waals surface area contributed by atoms with Crippen LogP contribution in [-0.2, 0) is 27.6 Å². The van der Waals surface area contributed by atoms with Crippen molar-refractivity contribution in [1.29, 1.82) is 0 Å². The molecular weight excluding hydrogens is 504 g/mol. The summed E-state index contributed by atoms with van der Waals surface area (Å²) in [6, 6.07) is 10.5. The zero-order valence-electron chi connectivity index (χ0n) is 22.4. The summed E-state index contributed by atoms with van der Waals surface area (Å²) in [4.78, 5) is 4.56. The first kappa shape index (κ1) is 30.5. The molecule has 2 aromatic rings. The number of aliphatic hydroxyl groups is 2. The highest BCUT2D eigenvalue weighted by Crippen LogP contribution is 2.30. The van der Waals surface area contributed by atoms with Gasteiger partial charge >= 0.3 is 0 Å². The summed E-state index contributed by atoms with van der Waals surface area (Å²) in [5.41, 5.74) is 1.68. The zero-order valence-corrected chi connectivity index (χ0v) is 23.2. The molecule has 1 aromatic carbocycles. The third-order valence-corrected chi connectivity index (χ3v) is 9.42. The van der Waals surface area contributed by atoms with Gasteiger partial charge < -0.3 is 25.4 Å². The molecule has 9 heteroatoms. The van der Waals surface area contributed by atoms with E-state index in [-0.39, 0.29) is 23.3 Å². The van der Waals surface area contributed by atoms with Gasteiger partial charge in [0.25, 0.3) is 0 Å². The molecule has 0 aliphatic heterocycles. The highest BCUT2D eigenvalue weighted by atomic mass is 32.2. The van der Waals surface area contributed by atoms with Crippen molar-refractivity contribution in [3.8, 4) is 5.75 Å². The van der Waals surface area contributed by atoms with E-state index in [1.54, 1.807) is 12.1 Å². The number of aromatic hydroxyl groups is 1. The van der Waals surface area contributed by atoms with Gasteiger partial charge in [-0.05, 0) is 81.3 Å². The predicted octanol–water partition coefficient (Wildman–Crippen LogP) is 4.22. The Bertz CT molecular complexity index is 1070. The lowest BCUT2D eigenvalue weighted by Crippen LogP contribution is -2.23. The third-order valence-electron chi connectivity index (χ3n) is 7.16. The highest BCUT2D eigenvalue weighted by Gasteiger charge is 2.30. The lowest BCUT2D eigenvalue weighted by atomic mass is 10.1. The molecule has 1 unspecified atom stereocenters. The van der Waals surface area contributed by atoms with Gasteiger partial charge in [-0.3, -0.25) is 0 Å². The molecule has 0 amide bonds. The molecule has 1 heterocycles. The largest absolute Gasteiger partial charge is 0.506 e. The zero-order chi connectivity index (χ0) is 27.2. The molecule has 0 saturated heterocycles. The SMILES string of the molecule is O=S(=O)(c1cccc(CCCCOCCCCCCNCC(O)c2ccc(O)c(CO)n2)c1)C1CCCC1. The smallest absolute Gasteiger partial charge is 0.181 e. The van der Waals surface area contributed by atoms with Crippen LogP contribution < -0.4 is 5.32 Å². The number of aromatic nitrogens is 1. The summed E-state index contributed by atoms with van der Waals surface area (Å²) in [6.45, 7) is 2.27. The minimum absolute atomic E-state index is 0.0739. The number of benzene rings is 1. The number of hydrogen-bond acceptors (Lipinski definition) is 8. The van der Waals surface area contributed by atoms with Gasteiger partial charge in [0, 0.05) is 19.8 Å². The van der Waals surface area contributed by atoms with Crippen molar-refractivity contribution in [2.75, 3.05) is 26.3 Å². The molecule has 1 aliphatic rings. The second kappa shape index (κ2) is 16.2. The van der Waals surface area contributed by atoms with E-state index in [1.807, 2.05) is 18.2 Å². The van der Waals surface area contributed by atoms with Gasteiger partial charge in [0.15, 0.2) is 9.84 Å². The van der Waals surface area contributed by atoms with E-state index in [0.29, 0.717) is 17.1 Å². The van der Waals surface area contributed by atoms with Crippen LogP contribution >= 0.6 is 0 Å². The van der Waals surface area contributed by atoms with Gasteiger partial charge in [-0.2, -0.15) is 0 Å². The second-order valence-corrected chi connectivity index (χ2v) is 12.4. The normalized spacial score (nSPS) is 15.2. The fraction of sp³-hybridized carbons (Fsp3) is 0.621. The maximum absolute atomic E-state index is 12.8. The van der Waals surface area contributed by atoms with Gasteiger partial charge in [0.1, 0.15) is 17.5 Å². The van der Waals surface area contributed by atoms with Crippen molar-refractivity contribution < 1.29 is 28.5 Å². The van der Waals surface area contributed by atoms with Gasteiger partial charge in [-0.1, -0.05) is 37.8 Å². The van der Waals surface area contributed by atoms with Crippen molar-refractivity contribution in [2.45, 2.75) is 93.5 Å². The van der Waals surface area contributed by atoms with Crippen LogP contribution in [0.3, 0.4) is 0 Å². The second-order valence-electron chi connectivity index (χ2n) is 10.2. The molecule has 38 heavy (non-hydrogen) atoms. The molecule has 1 aliphatic carbocycles. The predicted molar refractivity (Wildman–Crippen MR) is 148 cm³/mol. The number of unbranched alkanes of at least 4 members (excludes halogenated alkanes) is 4. The first-order chi connectivity index (χ1) is 18.4. The van der Waals surface area contributed by atoms with Crippen LogP contribution in [0.1, 0.15) is 87.3 Å². The number of aryl methyl sites for hydroxylation is 1. The first-order valence-electron chi connectivity index (χ1n) is 14.0. The van der Waals surface area contributed by atoms with Gasteiger partial charge in [0.2, 0.25) is 0 Å². The molecule has 1 atom stereocenters. The summed E-state index contributed by atoms with van der Waals surface area (Å²) >= 11 is 0. The minimum Gasteiger partial charge on any atom is -0.506 e. The Labute approximate surface area is 227 Å². The average Bonchev–Trinajstić information content (AvgIpc) is 3.48. The van der Waals surface area contributed by atoms with E-state index in [9.17, 15) is 23.7 Å². The van der Waals surface area contributed by atoms with Crippen LogP contribution in [0.15, 0.2) is 41.3 Å². The van der Waals surface area contributed by atoms with Crippen molar-refractivity contribution in [3.63, 3.8) is 0 Å². The topological polar surface area (TPSA) is 129 Å². The summed E-state index contributed by atoms with van der Waals surface area (Å²) in [5, 5.41) is 32.0. The van der Waals surface area contributed by atoms with E-state index < -0.39 is 15.9 Å². The van der Waals surface area contributed by atoms with Crippen molar-refractivity contribution in [2.24, 2.45) is 0 Å². The number of hydrogen-bond donors (Lipinski definition) is 4. The number of nitrogens with zero attached hydrogens (tertiary/aromatic N) is 1. The summed E-state index contributed by atoms with van der Waals surface area (Å²) in [7, 11) is -3.19. The molecule has 1 aromatic heterocycles. The van der Waals surface area contributed by atoms with E-state index in [4.69, 9.17) is 4.74 Å². The van der Waals surface area contributed by atoms with E-state index in [0.717, 1.165) is 96.0 Å². The molecule has 0 bridgehead atoms. The van der Waals surface area contributed by atoms with Crippen LogP contribution in [0.5, 0.6) is 5.75 Å². The van der Waals surface area contributed by atoms with Gasteiger partial charge in [0.05, 0.1) is 22.4 Å². The van der Waals surface area contributed by atoms with E-state index in [2.05, 4.69) is 10.3 Å². The third kappa shape index (κ3) is 9.61. The minimum atomic E-state index is -3.19. The Kier molecular flexibility index (Phi) is 13.0. The Morgan fingerprint density at radius 1 is 1.00 bits per heavy atom. The number of rotatable bonds is 18. The standard InChI is InChI=1S/C29H44N2O6S/c32-22-27-28(33)16-15-26(31-27)29(34)21-30-17-6-1-2-7-18-37-19-8-5-10-23-11-9-14-25(20-23)38(35,36)24-12-3-4-13-24/h9,11,14-16,20,24,29-30,32-34H,1-8,10,12-13,17-19,21-22H2. The van der Waals surface area contributed by atoms with Crippen LogP contribution in [0, 0.1) is 0 Å². The summed E-state index contributed by atoms with van der Waals surface area (Å²) < 4.78 is 31.4. The number of pyridine rings is 1. The quantitative estimate of drug-likeness (QED) is 0.204. The monoisotopic (exact) mass is 548 g/mol. The van der Waals surface area contributed by atoms with Gasteiger partial charge in [-0.15, -0.1) is 0 Å². The van der Waals surface area contributed by atoms with Gasteiger partial charge in [-0.25, -0.2) is 13.4 Å². The van der Waals surface area contributed by atoms with E-state index >= 15 is 0 Å². The number of sulfone groups is 1. The van der Waals surface area contributed by atoms with Crippen LogP contribution in [0.4, 0.5) is 0 Å². The molecule has 8 nitrogen and oxygen atoms in total. The Morgan fingerprint density at radius 2 is 1.74 bits per heavy atom. The molecule has 212 valence electrons. The Hall–Kier alpha value is -2.04. The lowest BCUT2D eigenvalue weighted by molar-refractivity contribution is 0.126. The fourth-order valence-corrected chi connectivity index (χ4v) is 6.79. The first-order valence-corrected chi connectivity index (χ1v) is 15.6. The molecule has 0 radical (unpaired) electrons. The molecule has 4 N–H and O–H groups in total. The highest BCUT2D eigenvalue weighted by molar-refractivity contribution is 7.92. The van der Waals surface area contributed by atoms with E-state index in [1.165, 1.54) is 6.07 Å². The lowest BCUT2D eigenvalue weighted by Gasteiger charge is -2.13. The Balaban J connectivity index is 1.17. The molecule has 1 fully saturated rings.